The maximum absolute atomic E-state index is 12.2. The van der Waals surface area contributed by atoms with Crippen LogP contribution in [0.2, 0.25) is 10.0 Å². The molecule has 1 aliphatic heterocycles. The van der Waals surface area contributed by atoms with E-state index in [-0.39, 0.29) is 30.3 Å². The molecular weight excluding hydrogens is 337 g/mol. The number of halogens is 2. The molecule has 7 heteroatoms. The highest BCUT2D eigenvalue weighted by atomic mass is 35.5. The van der Waals surface area contributed by atoms with Gasteiger partial charge < -0.3 is 16.0 Å². The van der Waals surface area contributed by atoms with E-state index < -0.39 is 6.04 Å². The number of benzene rings is 1. The molecule has 1 heterocycles. The Morgan fingerprint density at radius 3 is 2.74 bits per heavy atom. The van der Waals surface area contributed by atoms with Crippen LogP contribution >= 0.6 is 23.2 Å². The molecule has 2 amide bonds. The largest absolute Gasteiger partial charge is 0.350 e. The lowest BCUT2D eigenvalue weighted by Gasteiger charge is -2.40. The van der Waals surface area contributed by atoms with Crippen LogP contribution in [0.4, 0.5) is 5.69 Å². The zero-order valence-corrected chi connectivity index (χ0v) is 14.1. The molecule has 3 rings (SSSR count). The van der Waals surface area contributed by atoms with Crippen LogP contribution in [-0.2, 0) is 9.59 Å². The van der Waals surface area contributed by atoms with Crippen molar-refractivity contribution in [1.82, 2.24) is 10.6 Å². The van der Waals surface area contributed by atoms with Gasteiger partial charge in [0.1, 0.15) is 0 Å². The van der Waals surface area contributed by atoms with E-state index in [0.717, 1.165) is 25.7 Å². The molecule has 1 saturated carbocycles. The average molecular weight is 356 g/mol. The first-order valence-electron chi connectivity index (χ1n) is 7.84. The quantitative estimate of drug-likeness (QED) is 0.780. The monoisotopic (exact) mass is 355 g/mol. The Hall–Kier alpha value is -1.30. The first kappa shape index (κ1) is 16.6. The van der Waals surface area contributed by atoms with Gasteiger partial charge in [-0.1, -0.05) is 36.0 Å². The number of nitrogens with one attached hydrogen (secondary N) is 3. The molecule has 23 heavy (non-hydrogen) atoms. The summed E-state index contributed by atoms with van der Waals surface area (Å²) in [7, 11) is 0. The number of piperazine rings is 1. The molecule has 0 unspecified atom stereocenters. The smallest absolute Gasteiger partial charge is 0.237 e. The third kappa shape index (κ3) is 3.97. The summed E-state index contributed by atoms with van der Waals surface area (Å²) in [5, 5.41) is 9.96. The molecule has 0 aromatic heterocycles. The number of anilines is 1. The fourth-order valence-corrected chi connectivity index (χ4v) is 3.59. The number of fused-ring (bicyclic) bond motifs is 1. The number of carbonyl (C=O) groups excluding carboxylic acids is 2. The molecule has 0 bridgehead atoms. The average Bonchev–Trinajstić information content (AvgIpc) is 2.51. The molecule has 2 fully saturated rings. The van der Waals surface area contributed by atoms with Gasteiger partial charge >= 0.3 is 0 Å². The maximum atomic E-state index is 12.2. The number of rotatable bonds is 3. The second-order valence-corrected chi connectivity index (χ2v) is 6.95. The topological polar surface area (TPSA) is 70.2 Å². The van der Waals surface area contributed by atoms with E-state index in [1.165, 1.54) is 0 Å². The highest BCUT2D eigenvalue weighted by Gasteiger charge is 2.36. The van der Waals surface area contributed by atoms with E-state index >= 15 is 0 Å². The predicted molar refractivity (Wildman–Crippen MR) is 90.8 cm³/mol. The fraction of sp³-hybridized carbons (Fsp3) is 0.500. The lowest BCUT2D eigenvalue weighted by atomic mass is 9.87. The van der Waals surface area contributed by atoms with E-state index in [1.54, 1.807) is 18.2 Å². The van der Waals surface area contributed by atoms with Gasteiger partial charge in [0.05, 0.1) is 23.2 Å². The molecule has 0 radical (unpaired) electrons. The fourth-order valence-electron chi connectivity index (χ4n) is 3.25. The normalized spacial score (nSPS) is 27.0. The molecule has 1 saturated heterocycles. The second kappa shape index (κ2) is 7.07. The van der Waals surface area contributed by atoms with Crippen LogP contribution in [0.3, 0.4) is 0 Å². The summed E-state index contributed by atoms with van der Waals surface area (Å²) in [6.07, 6.45) is 4.39. The lowest BCUT2D eigenvalue weighted by Crippen LogP contribution is -2.65. The molecule has 5 nitrogen and oxygen atoms in total. The molecule has 3 N–H and O–H groups in total. The van der Waals surface area contributed by atoms with E-state index in [4.69, 9.17) is 23.2 Å². The number of carbonyl (C=O) groups is 2. The second-order valence-electron chi connectivity index (χ2n) is 6.10. The molecule has 1 aromatic rings. The third-order valence-electron chi connectivity index (χ3n) is 4.42. The summed E-state index contributed by atoms with van der Waals surface area (Å²) < 4.78 is 0. The summed E-state index contributed by atoms with van der Waals surface area (Å²) in [5.41, 5.74) is 0.455. The molecule has 1 aliphatic carbocycles. The Morgan fingerprint density at radius 2 is 1.96 bits per heavy atom. The van der Waals surface area contributed by atoms with Crippen LogP contribution in [0.5, 0.6) is 0 Å². The van der Waals surface area contributed by atoms with Gasteiger partial charge in [0, 0.05) is 17.1 Å². The van der Waals surface area contributed by atoms with Crippen LogP contribution in [0.1, 0.15) is 32.1 Å². The van der Waals surface area contributed by atoms with Crippen molar-refractivity contribution >= 4 is 40.7 Å². The van der Waals surface area contributed by atoms with E-state index in [1.807, 2.05) is 0 Å². The Kier molecular flexibility index (Phi) is 5.09. The minimum Gasteiger partial charge on any atom is -0.350 e. The molecule has 124 valence electrons. The van der Waals surface area contributed by atoms with Gasteiger partial charge in [-0.15, -0.1) is 0 Å². The SMILES string of the molecule is O=C(C[C@@H]1N[C@@H]2CCCC[C@H]2NC1=O)Nc1cc(Cl)ccc1Cl. The van der Waals surface area contributed by atoms with Crippen molar-refractivity contribution in [3.8, 4) is 0 Å². The Labute approximate surface area is 145 Å². The van der Waals surface area contributed by atoms with Crippen LogP contribution in [0, 0.1) is 0 Å². The minimum atomic E-state index is -0.507. The summed E-state index contributed by atoms with van der Waals surface area (Å²) in [6, 6.07) is 4.81. The van der Waals surface area contributed by atoms with Crippen molar-refractivity contribution in [2.45, 2.75) is 50.2 Å². The molecule has 2 aliphatic rings. The van der Waals surface area contributed by atoms with Crippen molar-refractivity contribution in [2.24, 2.45) is 0 Å². The highest BCUT2D eigenvalue weighted by Crippen LogP contribution is 2.26. The van der Waals surface area contributed by atoms with E-state index in [0.29, 0.717) is 15.7 Å². The molecule has 1 aromatic carbocycles. The molecule has 0 spiro atoms. The van der Waals surface area contributed by atoms with Crippen molar-refractivity contribution in [3.05, 3.63) is 28.2 Å². The summed E-state index contributed by atoms with van der Waals surface area (Å²) in [6.45, 7) is 0. The Balaban J connectivity index is 1.61. The van der Waals surface area contributed by atoms with Crippen LogP contribution in [0.25, 0.3) is 0 Å². The zero-order valence-electron chi connectivity index (χ0n) is 12.6. The highest BCUT2D eigenvalue weighted by molar-refractivity contribution is 6.35. The number of amides is 2. The van der Waals surface area contributed by atoms with Gasteiger partial charge in [-0.3, -0.25) is 9.59 Å². The van der Waals surface area contributed by atoms with Crippen molar-refractivity contribution < 1.29 is 9.59 Å². The van der Waals surface area contributed by atoms with E-state index in [2.05, 4.69) is 16.0 Å². The van der Waals surface area contributed by atoms with Gasteiger partial charge in [-0.2, -0.15) is 0 Å². The summed E-state index contributed by atoms with van der Waals surface area (Å²) in [5.74, 6) is -0.378. The van der Waals surface area contributed by atoms with Gasteiger partial charge in [0.2, 0.25) is 11.8 Å². The Bertz CT molecular complexity index is 623. The summed E-state index contributed by atoms with van der Waals surface area (Å²) >= 11 is 11.9. The minimum absolute atomic E-state index is 0.0674. The van der Waals surface area contributed by atoms with Gasteiger partial charge in [0.25, 0.3) is 0 Å². The zero-order chi connectivity index (χ0) is 16.4. The summed E-state index contributed by atoms with van der Waals surface area (Å²) in [4.78, 5) is 24.4. The lowest BCUT2D eigenvalue weighted by molar-refractivity contribution is -0.129. The van der Waals surface area contributed by atoms with Crippen molar-refractivity contribution in [3.63, 3.8) is 0 Å². The predicted octanol–water partition coefficient (Wildman–Crippen LogP) is 2.72. The molecular formula is C16H19Cl2N3O2. The third-order valence-corrected chi connectivity index (χ3v) is 4.98. The van der Waals surface area contributed by atoms with Crippen molar-refractivity contribution in [1.29, 1.82) is 0 Å². The van der Waals surface area contributed by atoms with Gasteiger partial charge in [-0.05, 0) is 31.0 Å². The van der Waals surface area contributed by atoms with Crippen LogP contribution < -0.4 is 16.0 Å². The first-order valence-corrected chi connectivity index (χ1v) is 8.60. The van der Waals surface area contributed by atoms with Gasteiger partial charge in [-0.25, -0.2) is 0 Å². The van der Waals surface area contributed by atoms with Crippen molar-refractivity contribution in [2.75, 3.05) is 5.32 Å². The number of hydrogen-bond acceptors (Lipinski definition) is 3. The first-order chi connectivity index (χ1) is 11.0. The molecule has 3 atom stereocenters. The van der Waals surface area contributed by atoms with E-state index in [9.17, 15) is 9.59 Å². The number of hydrogen-bond donors (Lipinski definition) is 3. The Morgan fingerprint density at radius 1 is 1.22 bits per heavy atom. The maximum Gasteiger partial charge on any atom is 0.237 e. The standard InChI is InChI=1S/C16H19Cl2N3O2/c17-9-5-6-10(18)13(7-9)20-15(22)8-14-16(23)21-12-4-2-1-3-11(12)19-14/h5-7,11-12,14,19H,1-4,8H2,(H,20,22)(H,21,23)/t11-,12-,14+/m1/s1. The van der Waals surface area contributed by atoms with Crippen LogP contribution in [0.15, 0.2) is 18.2 Å². The van der Waals surface area contributed by atoms with Gasteiger partial charge in [0.15, 0.2) is 0 Å². The van der Waals surface area contributed by atoms with Crippen LogP contribution in [-0.4, -0.2) is 29.9 Å².